The number of aliphatic hydroxyl groups is 1. The zero-order valence-electron chi connectivity index (χ0n) is 20.4. The van der Waals surface area contributed by atoms with E-state index in [1.54, 1.807) is 12.4 Å². The fraction of sp³-hybridized carbons (Fsp3) is 0.536. The number of nitrogens with one attached hydrogen (secondary N) is 2. The predicted molar refractivity (Wildman–Crippen MR) is 132 cm³/mol. The molecule has 3 N–H and O–H groups in total. The summed E-state index contributed by atoms with van der Waals surface area (Å²) in [6.45, 7) is 6.79. The van der Waals surface area contributed by atoms with Crippen LogP contribution in [0, 0.1) is 29.1 Å². The molecule has 0 saturated heterocycles. The first kappa shape index (κ1) is 24.4. The van der Waals surface area contributed by atoms with Gasteiger partial charge in [-0.3, -0.25) is 14.6 Å². The number of nitrogens with zero attached hydrogens (tertiary/aromatic N) is 1. The number of pyridine rings is 1. The molecule has 0 unspecified atom stereocenters. The Morgan fingerprint density at radius 3 is 2.59 bits per heavy atom. The van der Waals surface area contributed by atoms with E-state index in [2.05, 4.69) is 29.5 Å². The van der Waals surface area contributed by atoms with E-state index in [1.165, 1.54) is 0 Å². The SMILES string of the molecule is C[C@H]1[C@@H]2[C@@H](O)[C@@H]([C@H](C)C(=O)NCc3cccnc3)CC[C@@]2(C)CC[C@@H]1NC(=O)c1ccccc1. The third-order valence-electron chi connectivity index (χ3n) is 8.49. The number of rotatable bonds is 6. The van der Waals surface area contributed by atoms with Crippen molar-refractivity contribution < 1.29 is 14.7 Å². The van der Waals surface area contributed by atoms with Gasteiger partial charge in [-0.2, -0.15) is 0 Å². The molecular formula is C28H37N3O3. The molecule has 0 aliphatic heterocycles. The first-order valence-electron chi connectivity index (χ1n) is 12.5. The summed E-state index contributed by atoms with van der Waals surface area (Å²) in [5, 5.41) is 17.8. The lowest BCUT2D eigenvalue weighted by atomic mass is 9.51. The second-order valence-electron chi connectivity index (χ2n) is 10.6. The maximum atomic E-state index is 12.9. The van der Waals surface area contributed by atoms with E-state index in [0.717, 1.165) is 31.2 Å². The average molecular weight is 464 g/mol. The first-order chi connectivity index (χ1) is 16.3. The van der Waals surface area contributed by atoms with E-state index < -0.39 is 6.10 Å². The summed E-state index contributed by atoms with van der Waals surface area (Å²) in [7, 11) is 0. The number of benzene rings is 1. The van der Waals surface area contributed by atoms with Crippen LogP contribution in [0.15, 0.2) is 54.9 Å². The summed E-state index contributed by atoms with van der Waals surface area (Å²) in [4.78, 5) is 29.8. The van der Waals surface area contributed by atoms with E-state index in [1.807, 2.05) is 49.4 Å². The maximum absolute atomic E-state index is 12.9. The van der Waals surface area contributed by atoms with Crippen molar-refractivity contribution in [3.63, 3.8) is 0 Å². The van der Waals surface area contributed by atoms with Crippen LogP contribution >= 0.6 is 0 Å². The molecular weight excluding hydrogens is 426 g/mol. The second kappa shape index (κ2) is 10.3. The molecule has 6 heteroatoms. The fourth-order valence-electron chi connectivity index (χ4n) is 6.39. The number of carbonyl (C=O) groups excluding carboxylic acids is 2. The van der Waals surface area contributed by atoms with E-state index in [0.29, 0.717) is 12.1 Å². The molecule has 4 rings (SSSR count). The van der Waals surface area contributed by atoms with Gasteiger partial charge >= 0.3 is 0 Å². The Labute approximate surface area is 202 Å². The zero-order chi connectivity index (χ0) is 24.3. The number of aromatic nitrogens is 1. The predicted octanol–water partition coefficient (Wildman–Crippen LogP) is 3.96. The van der Waals surface area contributed by atoms with Gasteiger partial charge in [0.25, 0.3) is 5.91 Å². The van der Waals surface area contributed by atoms with Crippen LogP contribution in [-0.4, -0.2) is 34.1 Å². The van der Waals surface area contributed by atoms with Crippen LogP contribution < -0.4 is 10.6 Å². The minimum atomic E-state index is -0.579. The summed E-state index contributed by atoms with van der Waals surface area (Å²) < 4.78 is 0. The Morgan fingerprint density at radius 2 is 1.88 bits per heavy atom. The highest BCUT2D eigenvalue weighted by Crippen LogP contribution is 2.55. The maximum Gasteiger partial charge on any atom is 0.251 e. The quantitative estimate of drug-likeness (QED) is 0.605. The molecule has 1 heterocycles. The van der Waals surface area contributed by atoms with Crippen LogP contribution in [0.4, 0.5) is 0 Å². The number of hydrogen-bond acceptors (Lipinski definition) is 4. The van der Waals surface area contributed by atoms with Crippen molar-refractivity contribution in [2.75, 3.05) is 0 Å². The monoisotopic (exact) mass is 463 g/mol. The Hall–Kier alpha value is -2.73. The van der Waals surface area contributed by atoms with Crippen molar-refractivity contribution in [2.45, 2.75) is 65.1 Å². The van der Waals surface area contributed by atoms with E-state index in [9.17, 15) is 14.7 Å². The molecule has 2 aromatic rings. The van der Waals surface area contributed by atoms with Gasteiger partial charge in [0.2, 0.25) is 5.91 Å². The highest BCUT2D eigenvalue weighted by atomic mass is 16.3. The Morgan fingerprint density at radius 1 is 1.15 bits per heavy atom. The molecule has 1 aromatic heterocycles. The van der Waals surface area contributed by atoms with Crippen molar-refractivity contribution in [2.24, 2.45) is 29.1 Å². The van der Waals surface area contributed by atoms with Crippen molar-refractivity contribution in [3.05, 3.63) is 66.0 Å². The van der Waals surface area contributed by atoms with Crippen LogP contribution in [0.5, 0.6) is 0 Å². The van der Waals surface area contributed by atoms with E-state index in [4.69, 9.17) is 0 Å². The van der Waals surface area contributed by atoms with Crippen LogP contribution in [0.25, 0.3) is 0 Å². The number of fused-ring (bicyclic) bond motifs is 1. The summed E-state index contributed by atoms with van der Waals surface area (Å²) in [5.74, 6) is -0.329. The molecule has 6 nitrogen and oxygen atoms in total. The van der Waals surface area contributed by atoms with Gasteiger partial charge in [-0.05, 0) is 72.6 Å². The van der Waals surface area contributed by atoms with Crippen molar-refractivity contribution >= 4 is 11.8 Å². The molecule has 34 heavy (non-hydrogen) atoms. The highest BCUT2D eigenvalue weighted by molar-refractivity contribution is 5.94. The number of hydrogen-bond donors (Lipinski definition) is 3. The van der Waals surface area contributed by atoms with Gasteiger partial charge in [0.1, 0.15) is 0 Å². The normalized spacial score (nSPS) is 31.7. The van der Waals surface area contributed by atoms with Crippen molar-refractivity contribution in [1.29, 1.82) is 0 Å². The average Bonchev–Trinajstić information content (AvgIpc) is 2.85. The number of amides is 2. The molecule has 7 atom stereocenters. The molecule has 1 aromatic carbocycles. The Balaban J connectivity index is 1.42. The van der Waals surface area contributed by atoms with Gasteiger partial charge in [-0.1, -0.05) is 45.0 Å². The van der Waals surface area contributed by atoms with Crippen LogP contribution in [-0.2, 0) is 11.3 Å². The summed E-state index contributed by atoms with van der Waals surface area (Å²) in [5.41, 5.74) is 1.64. The van der Waals surface area contributed by atoms with Crippen LogP contribution in [0.1, 0.15) is 62.4 Å². The molecule has 182 valence electrons. The molecule has 2 amide bonds. The third-order valence-corrected chi connectivity index (χ3v) is 8.49. The molecule has 0 bridgehead atoms. The smallest absolute Gasteiger partial charge is 0.251 e. The minimum absolute atomic E-state index is 0.00824. The number of aliphatic hydroxyl groups excluding tert-OH is 1. The molecule has 0 spiro atoms. The lowest BCUT2D eigenvalue weighted by Crippen LogP contribution is -2.58. The topological polar surface area (TPSA) is 91.3 Å². The zero-order valence-corrected chi connectivity index (χ0v) is 20.4. The van der Waals surface area contributed by atoms with Gasteiger partial charge in [-0.25, -0.2) is 0 Å². The molecule has 2 fully saturated rings. The van der Waals surface area contributed by atoms with Gasteiger partial charge in [0, 0.05) is 36.5 Å². The van der Waals surface area contributed by atoms with E-state index in [-0.39, 0.29) is 46.9 Å². The number of carbonyl (C=O) groups is 2. The van der Waals surface area contributed by atoms with Gasteiger partial charge < -0.3 is 15.7 Å². The van der Waals surface area contributed by atoms with E-state index >= 15 is 0 Å². The third kappa shape index (κ3) is 5.02. The van der Waals surface area contributed by atoms with Crippen molar-refractivity contribution in [1.82, 2.24) is 15.6 Å². The minimum Gasteiger partial charge on any atom is -0.392 e. The van der Waals surface area contributed by atoms with Crippen LogP contribution in [0.2, 0.25) is 0 Å². The fourth-order valence-corrected chi connectivity index (χ4v) is 6.39. The summed E-state index contributed by atoms with van der Waals surface area (Å²) in [6.07, 6.45) is 6.58. The molecule has 0 radical (unpaired) electrons. The summed E-state index contributed by atoms with van der Waals surface area (Å²) in [6, 6.07) is 13.1. The van der Waals surface area contributed by atoms with Crippen molar-refractivity contribution in [3.8, 4) is 0 Å². The molecule has 2 aliphatic rings. The highest BCUT2D eigenvalue weighted by Gasteiger charge is 2.53. The molecule has 2 saturated carbocycles. The van der Waals surface area contributed by atoms with Gasteiger partial charge in [-0.15, -0.1) is 0 Å². The largest absolute Gasteiger partial charge is 0.392 e. The Bertz CT molecular complexity index is 983. The second-order valence-corrected chi connectivity index (χ2v) is 10.6. The summed E-state index contributed by atoms with van der Waals surface area (Å²) >= 11 is 0. The lowest BCUT2D eigenvalue weighted by molar-refractivity contribution is -0.142. The Kier molecular flexibility index (Phi) is 7.36. The molecule has 2 aliphatic carbocycles. The first-order valence-corrected chi connectivity index (χ1v) is 12.5. The standard InChI is InChI=1S/C28H37N3O3/c1-18(26(33)30-17-20-8-7-15-29-16-20)22-11-13-28(3)14-12-23(19(2)24(28)25(22)32)31-27(34)21-9-5-4-6-10-21/h4-10,15-16,18-19,22-25,32H,11-14,17H2,1-3H3,(H,30,33)(H,31,34)/t18-,19+,22+,23-,24+,25-,28-/m0/s1. The van der Waals surface area contributed by atoms with Gasteiger partial charge in [0.05, 0.1) is 6.10 Å². The lowest BCUT2D eigenvalue weighted by Gasteiger charge is -2.56. The van der Waals surface area contributed by atoms with Gasteiger partial charge in [0.15, 0.2) is 0 Å². The van der Waals surface area contributed by atoms with Crippen LogP contribution in [0.3, 0.4) is 0 Å².